The molecule has 0 spiro atoms. The molecule has 1 rings (SSSR count). The minimum absolute atomic E-state index is 0.889. The van der Waals surface area contributed by atoms with Crippen molar-refractivity contribution in [2.24, 2.45) is 5.92 Å². The lowest BCUT2D eigenvalue weighted by atomic mass is 10.0. The molecule has 0 aromatic heterocycles. The van der Waals surface area contributed by atoms with Gasteiger partial charge in [0.15, 0.2) is 0 Å². The molecule has 1 aliphatic rings. The molecular weight excluding hydrogens is 178 g/mol. The highest BCUT2D eigenvalue weighted by molar-refractivity contribution is 5.79. The van der Waals surface area contributed by atoms with Crippen molar-refractivity contribution in [3.63, 3.8) is 0 Å². The largest absolute Gasteiger partial charge is 0.478 e. The van der Waals surface area contributed by atoms with E-state index in [1.165, 1.54) is 38.3 Å². The summed E-state index contributed by atoms with van der Waals surface area (Å²) in [5, 5.41) is 11.3. The van der Waals surface area contributed by atoms with Crippen LogP contribution in [0.15, 0.2) is 12.3 Å². The molecule has 0 amide bonds. The van der Waals surface area contributed by atoms with Gasteiger partial charge in [0.2, 0.25) is 0 Å². The van der Waals surface area contributed by atoms with Gasteiger partial charge in [-0.3, -0.25) is 0 Å². The zero-order valence-corrected chi connectivity index (χ0v) is 8.54. The second-order valence-corrected chi connectivity index (χ2v) is 3.92. The number of nitrogens with one attached hydrogen (secondary N) is 1. The summed E-state index contributed by atoms with van der Waals surface area (Å²) in [6, 6.07) is 0. The van der Waals surface area contributed by atoms with Gasteiger partial charge in [-0.2, -0.15) is 0 Å². The van der Waals surface area contributed by atoms with Crippen LogP contribution in [-0.4, -0.2) is 17.6 Å². The summed E-state index contributed by atoms with van der Waals surface area (Å²) < 4.78 is 0. The van der Waals surface area contributed by atoms with Crippen molar-refractivity contribution in [3.8, 4) is 0 Å². The summed E-state index contributed by atoms with van der Waals surface area (Å²) in [6.07, 6.45) is 10.7. The number of hydrogen-bond acceptors (Lipinski definition) is 2. The molecular formula is C11H19NO2. The minimum atomic E-state index is -0.895. The van der Waals surface area contributed by atoms with Crippen molar-refractivity contribution in [1.82, 2.24) is 5.32 Å². The summed E-state index contributed by atoms with van der Waals surface area (Å²) in [4.78, 5) is 10.1. The summed E-state index contributed by atoms with van der Waals surface area (Å²) >= 11 is 0. The first kappa shape index (κ1) is 11.1. The third-order valence-electron chi connectivity index (χ3n) is 2.75. The fourth-order valence-electron chi connectivity index (χ4n) is 2.01. The SMILES string of the molecule is O=C(O)/C=C/NCCCC1CCCC1. The van der Waals surface area contributed by atoms with Crippen LogP contribution in [-0.2, 0) is 4.79 Å². The molecule has 3 nitrogen and oxygen atoms in total. The van der Waals surface area contributed by atoms with Crippen LogP contribution in [0.5, 0.6) is 0 Å². The molecule has 0 aromatic rings. The average molecular weight is 197 g/mol. The molecule has 0 heterocycles. The maximum Gasteiger partial charge on any atom is 0.329 e. The van der Waals surface area contributed by atoms with Gasteiger partial charge in [0.25, 0.3) is 0 Å². The van der Waals surface area contributed by atoms with Gasteiger partial charge in [0, 0.05) is 18.8 Å². The molecule has 14 heavy (non-hydrogen) atoms. The molecule has 0 aliphatic heterocycles. The smallest absolute Gasteiger partial charge is 0.329 e. The molecule has 2 N–H and O–H groups in total. The molecule has 1 saturated carbocycles. The van der Waals surface area contributed by atoms with E-state index in [1.807, 2.05) is 0 Å². The normalized spacial score (nSPS) is 17.7. The van der Waals surface area contributed by atoms with Crippen molar-refractivity contribution < 1.29 is 9.90 Å². The Labute approximate surface area is 85.2 Å². The zero-order valence-electron chi connectivity index (χ0n) is 8.54. The maximum absolute atomic E-state index is 10.1. The number of hydrogen-bond donors (Lipinski definition) is 2. The van der Waals surface area contributed by atoms with Crippen molar-refractivity contribution >= 4 is 5.97 Å². The Balaban J connectivity index is 1.91. The fraction of sp³-hybridized carbons (Fsp3) is 0.727. The Hall–Kier alpha value is -0.990. The van der Waals surface area contributed by atoms with Crippen molar-refractivity contribution in [1.29, 1.82) is 0 Å². The highest BCUT2D eigenvalue weighted by Gasteiger charge is 2.13. The van der Waals surface area contributed by atoms with E-state index >= 15 is 0 Å². The third-order valence-corrected chi connectivity index (χ3v) is 2.75. The Kier molecular flexibility index (Phi) is 5.12. The van der Waals surface area contributed by atoms with E-state index in [9.17, 15) is 4.79 Å². The van der Waals surface area contributed by atoms with Crippen LogP contribution in [0.2, 0.25) is 0 Å². The first-order chi connectivity index (χ1) is 6.79. The van der Waals surface area contributed by atoms with Crippen LogP contribution in [0.25, 0.3) is 0 Å². The monoisotopic (exact) mass is 197 g/mol. The van der Waals surface area contributed by atoms with Crippen LogP contribution in [0.3, 0.4) is 0 Å². The lowest BCUT2D eigenvalue weighted by Gasteiger charge is -2.07. The summed E-state index contributed by atoms with van der Waals surface area (Å²) in [5.41, 5.74) is 0. The van der Waals surface area contributed by atoms with E-state index < -0.39 is 5.97 Å². The molecule has 1 aliphatic carbocycles. The van der Waals surface area contributed by atoms with Crippen LogP contribution in [0, 0.1) is 5.92 Å². The first-order valence-corrected chi connectivity index (χ1v) is 5.42. The Morgan fingerprint density at radius 3 is 2.79 bits per heavy atom. The van der Waals surface area contributed by atoms with E-state index in [1.54, 1.807) is 0 Å². The van der Waals surface area contributed by atoms with E-state index in [0.29, 0.717) is 0 Å². The summed E-state index contributed by atoms with van der Waals surface area (Å²) in [6.45, 7) is 0.889. The molecule has 0 atom stereocenters. The Morgan fingerprint density at radius 1 is 1.43 bits per heavy atom. The Bertz CT molecular complexity index is 195. The number of carboxylic acid groups (broad SMARTS) is 1. The molecule has 1 fully saturated rings. The quantitative estimate of drug-likeness (QED) is 0.506. The first-order valence-electron chi connectivity index (χ1n) is 5.42. The van der Waals surface area contributed by atoms with Gasteiger partial charge < -0.3 is 10.4 Å². The Morgan fingerprint density at radius 2 is 2.14 bits per heavy atom. The van der Waals surface area contributed by atoms with Gasteiger partial charge in [-0.05, 0) is 18.8 Å². The van der Waals surface area contributed by atoms with Crippen LogP contribution >= 0.6 is 0 Å². The zero-order chi connectivity index (χ0) is 10.2. The highest BCUT2D eigenvalue weighted by atomic mass is 16.4. The van der Waals surface area contributed by atoms with Gasteiger partial charge in [-0.1, -0.05) is 25.7 Å². The van der Waals surface area contributed by atoms with E-state index in [4.69, 9.17) is 5.11 Å². The lowest BCUT2D eigenvalue weighted by Crippen LogP contribution is -2.09. The van der Waals surface area contributed by atoms with Crippen molar-refractivity contribution in [2.45, 2.75) is 38.5 Å². The molecule has 0 bridgehead atoms. The summed E-state index contributed by atoms with van der Waals surface area (Å²) in [7, 11) is 0. The second kappa shape index (κ2) is 6.46. The lowest BCUT2D eigenvalue weighted by molar-refractivity contribution is -0.131. The molecule has 80 valence electrons. The second-order valence-electron chi connectivity index (χ2n) is 3.92. The fourth-order valence-corrected chi connectivity index (χ4v) is 2.01. The van der Waals surface area contributed by atoms with Crippen LogP contribution < -0.4 is 5.32 Å². The minimum Gasteiger partial charge on any atom is -0.478 e. The van der Waals surface area contributed by atoms with Gasteiger partial charge in [0.05, 0.1) is 0 Å². The topological polar surface area (TPSA) is 49.3 Å². The van der Waals surface area contributed by atoms with Gasteiger partial charge in [-0.15, -0.1) is 0 Å². The van der Waals surface area contributed by atoms with Crippen LogP contribution in [0.1, 0.15) is 38.5 Å². The van der Waals surface area contributed by atoms with E-state index in [-0.39, 0.29) is 0 Å². The molecule has 3 heteroatoms. The van der Waals surface area contributed by atoms with Gasteiger partial charge in [0.1, 0.15) is 0 Å². The molecule has 0 radical (unpaired) electrons. The number of aliphatic carboxylic acids is 1. The number of carbonyl (C=O) groups is 1. The van der Waals surface area contributed by atoms with Gasteiger partial charge in [-0.25, -0.2) is 4.79 Å². The average Bonchev–Trinajstić information content (AvgIpc) is 2.63. The van der Waals surface area contributed by atoms with E-state index in [0.717, 1.165) is 25.0 Å². The summed E-state index contributed by atoms with van der Waals surface area (Å²) in [5.74, 6) is 0.0357. The van der Waals surface area contributed by atoms with E-state index in [2.05, 4.69) is 5.32 Å². The standard InChI is InChI=1S/C11H19NO2/c13-11(14)7-9-12-8-3-6-10-4-1-2-5-10/h7,9-10,12H,1-6,8H2,(H,13,14)/b9-7+. The molecule has 0 unspecified atom stereocenters. The molecule has 0 saturated heterocycles. The predicted molar refractivity (Wildman–Crippen MR) is 56.0 cm³/mol. The van der Waals surface area contributed by atoms with Gasteiger partial charge >= 0.3 is 5.97 Å². The third kappa shape index (κ3) is 4.90. The van der Waals surface area contributed by atoms with Crippen LogP contribution in [0.4, 0.5) is 0 Å². The number of carboxylic acids is 1. The van der Waals surface area contributed by atoms with Crippen molar-refractivity contribution in [2.75, 3.05) is 6.54 Å². The van der Waals surface area contributed by atoms with Crippen molar-refractivity contribution in [3.05, 3.63) is 12.3 Å². The number of rotatable bonds is 6. The molecule has 0 aromatic carbocycles. The highest BCUT2D eigenvalue weighted by Crippen LogP contribution is 2.28. The predicted octanol–water partition coefficient (Wildman–Crippen LogP) is 2.14. The maximum atomic E-state index is 10.1.